The van der Waals surface area contributed by atoms with Gasteiger partial charge in [0.25, 0.3) is 0 Å². The van der Waals surface area contributed by atoms with Gasteiger partial charge in [-0.2, -0.15) is 5.10 Å². The number of aromatic amines is 1. The van der Waals surface area contributed by atoms with E-state index in [1.54, 1.807) is 0 Å². The van der Waals surface area contributed by atoms with Gasteiger partial charge in [0.05, 0.1) is 10.7 Å². The minimum Gasteiger partial charge on any atom is -0.369 e. The summed E-state index contributed by atoms with van der Waals surface area (Å²) in [5.74, 6) is 0.738. The molecule has 0 amide bonds. The van der Waals surface area contributed by atoms with Crippen LogP contribution in [-0.4, -0.2) is 22.8 Å². The molecule has 1 aromatic carbocycles. The normalized spacial score (nSPS) is 22.0. The Hall–Kier alpha value is -1.48. The average molecular weight is 304 g/mol. The molecule has 0 spiro atoms. The first-order valence-corrected chi connectivity index (χ1v) is 7.95. The number of rotatable bonds is 2. The molecule has 1 aliphatic rings. The number of hydrogen-bond acceptors (Lipinski definition) is 2. The van der Waals surface area contributed by atoms with Crippen molar-refractivity contribution in [3.05, 3.63) is 34.6 Å². The minimum absolute atomic E-state index is 0.573. The summed E-state index contributed by atoms with van der Waals surface area (Å²) in [7, 11) is 0. The Kier molecular flexibility index (Phi) is 3.70. The van der Waals surface area contributed by atoms with E-state index in [4.69, 9.17) is 11.6 Å². The van der Waals surface area contributed by atoms with Gasteiger partial charge in [0.2, 0.25) is 0 Å². The molecule has 4 heteroatoms. The van der Waals surface area contributed by atoms with Crippen LogP contribution in [-0.2, 0) is 0 Å². The van der Waals surface area contributed by atoms with E-state index in [9.17, 15) is 0 Å². The Labute approximate surface area is 131 Å². The molecule has 1 unspecified atom stereocenters. The molecule has 3 rings (SSSR count). The first-order valence-electron chi connectivity index (χ1n) is 7.57. The lowest BCUT2D eigenvalue weighted by atomic mass is 10.0. The number of H-pyrrole nitrogens is 1. The molecule has 0 radical (unpaired) electrons. The number of aryl methyl sites for hydroxylation is 2. The number of anilines is 1. The molecule has 21 heavy (non-hydrogen) atoms. The lowest BCUT2D eigenvalue weighted by Crippen LogP contribution is -2.28. The molecular formula is C17H22ClN3. The van der Waals surface area contributed by atoms with Crippen molar-refractivity contribution in [3.8, 4) is 11.1 Å². The van der Waals surface area contributed by atoms with Crippen molar-refractivity contribution in [3.63, 3.8) is 0 Å². The first kappa shape index (κ1) is 14.5. The smallest absolute Gasteiger partial charge is 0.0672 e. The molecule has 1 saturated heterocycles. The number of aromatic nitrogens is 2. The third-order valence-electron chi connectivity index (χ3n) is 4.82. The van der Waals surface area contributed by atoms with Gasteiger partial charge in [-0.1, -0.05) is 24.6 Å². The molecule has 1 fully saturated rings. The van der Waals surface area contributed by atoms with E-state index in [-0.39, 0.29) is 0 Å². The summed E-state index contributed by atoms with van der Waals surface area (Å²) in [6, 6.07) is 6.97. The van der Waals surface area contributed by atoms with Crippen LogP contribution in [0.1, 0.15) is 31.7 Å². The topological polar surface area (TPSA) is 31.9 Å². The van der Waals surface area contributed by atoms with Gasteiger partial charge in [0, 0.05) is 35.1 Å². The molecule has 2 heterocycles. The summed E-state index contributed by atoms with van der Waals surface area (Å²) in [6.45, 7) is 9.77. The number of benzene rings is 1. The number of nitrogens with one attached hydrogen (secondary N) is 1. The summed E-state index contributed by atoms with van der Waals surface area (Å²) in [4.78, 5) is 2.45. The van der Waals surface area contributed by atoms with Crippen molar-refractivity contribution in [1.82, 2.24) is 10.2 Å². The third-order valence-corrected chi connectivity index (χ3v) is 5.13. The Morgan fingerprint density at radius 2 is 2.05 bits per heavy atom. The van der Waals surface area contributed by atoms with Gasteiger partial charge in [-0.3, -0.25) is 5.10 Å². The fraction of sp³-hybridized carbons (Fsp3) is 0.471. The van der Waals surface area contributed by atoms with Crippen molar-refractivity contribution < 1.29 is 0 Å². The van der Waals surface area contributed by atoms with E-state index in [2.05, 4.69) is 47.1 Å². The molecule has 1 aromatic heterocycles. The van der Waals surface area contributed by atoms with Gasteiger partial charge in [-0.25, -0.2) is 0 Å². The summed E-state index contributed by atoms with van der Waals surface area (Å²) >= 11 is 6.56. The monoisotopic (exact) mass is 303 g/mol. The van der Waals surface area contributed by atoms with Crippen molar-refractivity contribution >= 4 is 17.3 Å². The fourth-order valence-corrected chi connectivity index (χ4v) is 3.56. The van der Waals surface area contributed by atoms with Crippen LogP contribution in [0, 0.1) is 19.8 Å². The van der Waals surface area contributed by atoms with Crippen LogP contribution in [0.3, 0.4) is 0 Å². The summed E-state index contributed by atoms with van der Waals surface area (Å²) < 4.78 is 0. The van der Waals surface area contributed by atoms with Crippen molar-refractivity contribution in [2.45, 2.75) is 40.2 Å². The number of halogens is 1. The van der Waals surface area contributed by atoms with Gasteiger partial charge < -0.3 is 4.90 Å². The first-order chi connectivity index (χ1) is 9.99. The Balaban J connectivity index is 1.98. The molecule has 0 bridgehead atoms. The second-order valence-electron chi connectivity index (χ2n) is 6.17. The standard InChI is InChI=1S/C17H22ClN3/c1-10-7-8-21(13(10)4)14-5-6-15(16(18)9-14)17-11(2)19-20-12(17)3/h5-6,9-10,13H,7-8H2,1-4H3,(H,19,20)/t10?,13-/m0/s1. The zero-order valence-electron chi connectivity index (χ0n) is 13.1. The van der Waals surface area contributed by atoms with Gasteiger partial charge in [0.1, 0.15) is 0 Å². The van der Waals surface area contributed by atoms with Gasteiger partial charge >= 0.3 is 0 Å². The molecule has 3 nitrogen and oxygen atoms in total. The SMILES string of the molecule is Cc1n[nH]c(C)c1-c1ccc(N2CCC(C)[C@@H]2C)cc1Cl. The highest BCUT2D eigenvalue weighted by Gasteiger charge is 2.27. The lowest BCUT2D eigenvalue weighted by Gasteiger charge is -2.26. The van der Waals surface area contributed by atoms with E-state index in [1.165, 1.54) is 12.1 Å². The van der Waals surface area contributed by atoms with Crippen LogP contribution in [0.4, 0.5) is 5.69 Å². The Bertz CT molecular complexity index is 643. The molecule has 1 aliphatic heterocycles. The van der Waals surface area contributed by atoms with E-state index < -0.39 is 0 Å². The van der Waals surface area contributed by atoms with Crippen LogP contribution in [0.2, 0.25) is 5.02 Å². The second kappa shape index (κ2) is 5.38. The molecular weight excluding hydrogens is 282 g/mol. The predicted molar refractivity (Wildman–Crippen MR) is 89.1 cm³/mol. The van der Waals surface area contributed by atoms with Crippen LogP contribution >= 0.6 is 11.6 Å². The van der Waals surface area contributed by atoms with Crippen molar-refractivity contribution in [2.24, 2.45) is 5.92 Å². The van der Waals surface area contributed by atoms with Crippen LogP contribution < -0.4 is 4.90 Å². The van der Waals surface area contributed by atoms with E-state index >= 15 is 0 Å². The highest BCUT2D eigenvalue weighted by atomic mass is 35.5. The molecule has 2 aromatic rings. The maximum absolute atomic E-state index is 6.56. The third kappa shape index (κ3) is 2.44. The van der Waals surface area contributed by atoms with Gasteiger partial charge in [0.15, 0.2) is 0 Å². The quantitative estimate of drug-likeness (QED) is 0.880. The predicted octanol–water partition coefficient (Wildman–Crippen LogP) is 4.58. The molecule has 0 saturated carbocycles. The maximum atomic E-state index is 6.56. The van der Waals surface area contributed by atoms with Crippen LogP contribution in [0.5, 0.6) is 0 Å². The second-order valence-corrected chi connectivity index (χ2v) is 6.58. The number of nitrogens with zero attached hydrogens (tertiary/aromatic N) is 2. The Morgan fingerprint density at radius 1 is 1.29 bits per heavy atom. The summed E-state index contributed by atoms with van der Waals surface area (Å²) in [5, 5.41) is 8.09. The van der Waals surface area contributed by atoms with E-state index in [1.807, 2.05) is 13.8 Å². The maximum Gasteiger partial charge on any atom is 0.0672 e. The average Bonchev–Trinajstić information content (AvgIpc) is 2.95. The molecule has 0 aliphatic carbocycles. The zero-order chi connectivity index (χ0) is 15.1. The van der Waals surface area contributed by atoms with Gasteiger partial charge in [-0.05, 0) is 45.2 Å². The fourth-order valence-electron chi connectivity index (χ4n) is 3.29. The highest BCUT2D eigenvalue weighted by molar-refractivity contribution is 6.33. The minimum atomic E-state index is 0.573. The summed E-state index contributed by atoms with van der Waals surface area (Å²) in [6.07, 6.45) is 1.25. The van der Waals surface area contributed by atoms with E-state index in [0.717, 1.165) is 40.0 Å². The van der Waals surface area contributed by atoms with Crippen LogP contribution in [0.15, 0.2) is 18.2 Å². The molecule has 2 atom stereocenters. The summed E-state index contributed by atoms with van der Waals surface area (Å²) in [5.41, 5.74) is 5.45. The van der Waals surface area contributed by atoms with Crippen molar-refractivity contribution in [2.75, 3.05) is 11.4 Å². The Morgan fingerprint density at radius 3 is 2.57 bits per heavy atom. The molecule has 112 valence electrons. The largest absolute Gasteiger partial charge is 0.369 e. The zero-order valence-corrected chi connectivity index (χ0v) is 13.8. The highest BCUT2D eigenvalue weighted by Crippen LogP contribution is 2.37. The van der Waals surface area contributed by atoms with Crippen molar-refractivity contribution in [1.29, 1.82) is 0 Å². The van der Waals surface area contributed by atoms with Crippen LogP contribution in [0.25, 0.3) is 11.1 Å². The van der Waals surface area contributed by atoms with E-state index in [0.29, 0.717) is 6.04 Å². The molecule has 1 N–H and O–H groups in total. The lowest BCUT2D eigenvalue weighted by molar-refractivity contribution is 0.546. The van der Waals surface area contributed by atoms with Gasteiger partial charge in [-0.15, -0.1) is 0 Å². The number of hydrogen-bond donors (Lipinski definition) is 1.